The summed E-state index contributed by atoms with van der Waals surface area (Å²) in [7, 11) is 0. The van der Waals surface area contributed by atoms with Gasteiger partial charge < -0.3 is 19.5 Å². The summed E-state index contributed by atoms with van der Waals surface area (Å²) in [6.45, 7) is 6.46. The molecular weight excluding hydrogens is 258 g/mol. The summed E-state index contributed by atoms with van der Waals surface area (Å²) in [5.41, 5.74) is 0. The first kappa shape index (κ1) is 16.0. The lowest BCUT2D eigenvalue weighted by Crippen LogP contribution is -2.37. The molecule has 1 N–H and O–H groups in total. The fourth-order valence-electron chi connectivity index (χ4n) is 1.67. The van der Waals surface area contributed by atoms with Crippen LogP contribution >= 0.6 is 0 Å². The highest BCUT2D eigenvalue weighted by Crippen LogP contribution is 2.26. The van der Waals surface area contributed by atoms with Crippen LogP contribution in [-0.4, -0.2) is 48.8 Å². The molecule has 1 amide bonds. The Labute approximate surface area is 119 Å². The van der Waals surface area contributed by atoms with Crippen molar-refractivity contribution in [3.63, 3.8) is 0 Å². The number of hydrogen-bond acceptors (Lipinski definition) is 4. The maximum atomic E-state index is 12.0. The molecule has 0 saturated carbocycles. The maximum Gasteiger partial charge on any atom is 0.260 e. The Hall–Kier alpha value is -2.01. The third-order valence-corrected chi connectivity index (χ3v) is 2.57. The van der Waals surface area contributed by atoms with Gasteiger partial charge in [0.25, 0.3) is 5.91 Å². The van der Waals surface area contributed by atoms with E-state index in [1.807, 2.05) is 19.1 Å². The average molecular weight is 279 g/mol. The summed E-state index contributed by atoms with van der Waals surface area (Å²) in [6, 6.07) is 7.20. The van der Waals surface area contributed by atoms with Crippen molar-refractivity contribution in [2.45, 2.75) is 6.92 Å². The first-order valence-corrected chi connectivity index (χ1v) is 6.57. The fourth-order valence-corrected chi connectivity index (χ4v) is 1.67. The van der Waals surface area contributed by atoms with E-state index in [2.05, 4.69) is 6.58 Å². The Morgan fingerprint density at radius 2 is 2.00 bits per heavy atom. The molecule has 0 spiro atoms. The molecule has 0 unspecified atom stereocenters. The van der Waals surface area contributed by atoms with Crippen molar-refractivity contribution in [2.24, 2.45) is 0 Å². The average Bonchev–Trinajstić information content (AvgIpc) is 2.46. The number of nitrogens with zero attached hydrogens (tertiary/aromatic N) is 1. The second kappa shape index (κ2) is 8.98. The van der Waals surface area contributed by atoms with Crippen molar-refractivity contribution in [3.8, 4) is 11.5 Å². The number of carbonyl (C=O) groups excluding carboxylic acids is 1. The fraction of sp³-hybridized carbons (Fsp3) is 0.400. The number of ether oxygens (including phenoxy) is 2. The summed E-state index contributed by atoms with van der Waals surface area (Å²) in [6.07, 6.45) is 1.61. The van der Waals surface area contributed by atoms with Crippen molar-refractivity contribution in [1.29, 1.82) is 0 Å². The molecule has 20 heavy (non-hydrogen) atoms. The molecule has 1 aromatic rings. The van der Waals surface area contributed by atoms with Gasteiger partial charge in [-0.1, -0.05) is 18.2 Å². The SMILES string of the molecule is C=CCN(CCO)C(=O)COc1ccccc1OCC. The van der Waals surface area contributed by atoms with Crippen LogP contribution in [0.15, 0.2) is 36.9 Å². The normalized spacial score (nSPS) is 9.90. The van der Waals surface area contributed by atoms with Crippen LogP contribution in [0.2, 0.25) is 0 Å². The molecular formula is C15H21NO4. The van der Waals surface area contributed by atoms with Gasteiger partial charge in [-0.25, -0.2) is 0 Å². The third-order valence-electron chi connectivity index (χ3n) is 2.57. The summed E-state index contributed by atoms with van der Waals surface area (Å²) < 4.78 is 10.9. The Morgan fingerprint density at radius 1 is 1.35 bits per heavy atom. The highest BCUT2D eigenvalue weighted by Gasteiger charge is 2.13. The molecule has 5 heteroatoms. The number of aliphatic hydroxyl groups is 1. The Kier molecular flexibility index (Phi) is 7.21. The molecule has 0 aliphatic heterocycles. The van der Waals surface area contributed by atoms with Crippen molar-refractivity contribution in [3.05, 3.63) is 36.9 Å². The van der Waals surface area contributed by atoms with Gasteiger partial charge in [-0.2, -0.15) is 0 Å². The van der Waals surface area contributed by atoms with Crippen molar-refractivity contribution in [1.82, 2.24) is 4.90 Å². The number of hydrogen-bond donors (Lipinski definition) is 1. The summed E-state index contributed by atoms with van der Waals surface area (Å²) in [4.78, 5) is 13.4. The smallest absolute Gasteiger partial charge is 0.260 e. The molecule has 0 aliphatic rings. The van der Waals surface area contributed by atoms with Crippen LogP contribution in [-0.2, 0) is 4.79 Å². The number of para-hydroxylation sites is 2. The minimum atomic E-state index is -0.203. The molecule has 0 radical (unpaired) electrons. The van der Waals surface area contributed by atoms with E-state index < -0.39 is 0 Å². The Balaban J connectivity index is 2.61. The largest absolute Gasteiger partial charge is 0.490 e. The van der Waals surface area contributed by atoms with Crippen LogP contribution in [0.1, 0.15) is 6.92 Å². The number of rotatable bonds is 9. The highest BCUT2D eigenvalue weighted by atomic mass is 16.5. The van der Waals surface area contributed by atoms with Crippen LogP contribution in [0.4, 0.5) is 0 Å². The predicted octanol–water partition coefficient (Wildman–Crippen LogP) is 1.47. The maximum absolute atomic E-state index is 12.0. The standard InChI is InChI=1S/C15H21NO4/c1-3-9-16(10-11-17)15(18)12-20-14-8-6-5-7-13(14)19-4-2/h3,5-8,17H,1,4,9-12H2,2H3. The van der Waals surface area contributed by atoms with Gasteiger partial charge in [0.05, 0.1) is 13.2 Å². The zero-order valence-corrected chi connectivity index (χ0v) is 11.7. The summed E-state index contributed by atoms with van der Waals surface area (Å²) in [5.74, 6) is 0.940. The lowest BCUT2D eigenvalue weighted by Gasteiger charge is -2.20. The molecule has 1 rings (SSSR count). The van der Waals surface area contributed by atoms with E-state index in [0.29, 0.717) is 24.7 Å². The Bertz CT molecular complexity index is 434. The zero-order chi connectivity index (χ0) is 14.8. The van der Waals surface area contributed by atoms with Crippen LogP contribution in [0.5, 0.6) is 11.5 Å². The van der Waals surface area contributed by atoms with Crippen LogP contribution < -0.4 is 9.47 Å². The molecule has 0 bridgehead atoms. The van der Waals surface area contributed by atoms with Gasteiger partial charge in [0.1, 0.15) is 0 Å². The van der Waals surface area contributed by atoms with Crippen molar-refractivity contribution in [2.75, 3.05) is 32.9 Å². The quantitative estimate of drug-likeness (QED) is 0.695. The van der Waals surface area contributed by atoms with Gasteiger partial charge in [0.15, 0.2) is 18.1 Å². The van der Waals surface area contributed by atoms with Crippen LogP contribution in [0, 0.1) is 0 Å². The molecule has 1 aromatic carbocycles. The minimum absolute atomic E-state index is 0.0882. The van der Waals surface area contributed by atoms with Gasteiger partial charge in [-0.3, -0.25) is 4.79 Å². The predicted molar refractivity (Wildman–Crippen MR) is 77.0 cm³/mol. The van der Waals surface area contributed by atoms with Gasteiger partial charge in [-0.05, 0) is 19.1 Å². The van der Waals surface area contributed by atoms with E-state index in [-0.39, 0.29) is 25.7 Å². The molecule has 0 fully saturated rings. The van der Waals surface area contributed by atoms with E-state index in [4.69, 9.17) is 14.6 Å². The van der Waals surface area contributed by atoms with Gasteiger partial charge in [0.2, 0.25) is 0 Å². The number of aliphatic hydroxyl groups excluding tert-OH is 1. The lowest BCUT2D eigenvalue weighted by molar-refractivity contribution is -0.133. The molecule has 0 atom stereocenters. The van der Waals surface area contributed by atoms with E-state index >= 15 is 0 Å². The molecule has 0 heterocycles. The third kappa shape index (κ3) is 4.93. The second-order valence-corrected chi connectivity index (χ2v) is 4.02. The van der Waals surface area contributed by atoms with E-state index in [9.17, 15) is 4.79 Å². The molecule has 0 aliphatic carbocycles. The first-order valence-electron chi connectivity index (χ1n) is 6.57. The van der Waals surface area contributed by atoms with Gasteiger partial charge in [0, 0.05) is 13.1 Å². The van der Waals surface area contributed by atoms with E-state index in [0.717, 1.165) is 0 Å². The molecule has 0 saturated heterocycles. The summed E-state index contributed by atoms with van der Waals surface area (Å²) in [5, 5.41) is 8.92. The lowest BCUT2D eigenvalue weighted by atomic mass is 10.3. The molecule has 0 aromatic heterocycles. The Morgan fingerprint density at radius 3 is 2.55 bits per heavy atom. The van der Waals surface area contributed by atoms with E-state index in [1.54, 1.807) is 18.2 Å². The van der Waals surface area contributed by atoms with Gasteiger partial charge in [-0.15, -0.1) is 6.58 Å². The van der Waals surface area contributed by atoms with Gasteiger partial charge >= 0.3 is 0 Å². The van der Waals surface area contributed by atoms with Crippen LogP contribution in [0.3, 0.4) is 0 Å². The van der Waals surface area contributed by atoms with Crippen molar-refractivity contribution >= 4 is 5.91 Å². The second-order valence-electron chi connectivity index (χ2n) is 4.02. The van der Waals surface area contributed by atoms with E-state index in [1.165, 1.54) is 4.90 Å². The number of carbonyl (C=O) groups is 1. The van der Waals surface area contributed by atoms with Crippen molar-refractivity contribution < 1.29 is 19.4 Å². The summed E-state index contributed by atoms with van der Waals surface area (Å²) >= 11 is 0. The topological polar surface area (TPSA) is 59.0 Å². The highest BCUT2D eigenvalue weighted by molar-refractivity contribution is 5.78. The minimum Gasteiger partial charge on any atom is -0.490 e. The number of benzene rings is 1. The zero-order valence-electron chi connectivity index (χ0n) is 11.7. The first-order chi connectivity index (χ1) is 9.72. The number of amides is 1. The molecule has 110 valence electrons. The van der Waals surface area contributed by atoms with Crippen LogP contribution in [0.25, 0.3) is 0 Å². The molecule has 5 nitrogen and oxygen atoms in total. The monoisotopic (exact) mass is 279 g/mol.